The molecule has 0 amide bonds. The topological polar surface area (TPSA) is 73.2 Å². The van der Waals surface area contributed by atoms with Crippen molar-refractivity contribution >= 4 is 10.0 Å². The van der Waals surface area contributed by atoms with Crippen molar-refractivity contribution in [1.29, 1.82) is 5.26 Å². The zero-order valence-electron chi connectivity index (χ0n) is 10.8. The number of hydrogen-bond donors (Lipinski definition) is 1. The van der Waals surface area contributed by atoms with Gasteiger partial charge in [0.25, 0.3) is 0 Å². The number of benzene rings is 1. The van der Waals surface area contributed by atoms with Crippen molar-refractivity contribution in [2.24, 2.45) is 0 Å². The molecule has 19 heavy (non-hydrogen) atoms. The Bertz CT molecular complexity index is 571. The largest absolute Gasteiger partial charge is 0.313 e. The molecule has 1 aromatic carbocycles. The van der Waals surface area contributed by atoms with Gasteiger partial charge in [0.05, 0.1) is 17.4 Å². The van der Waals surface area contributed by atoms with E-state index in [2.05, 4.69) is 5.32 Å². The van der Waals surface area contributed by atoms with Crippen LogP contribution in [-0.4, -0.2) is 38.4 Å². The molecule has 0 bridgehead atoms. The summed E-state index contributed by atoms with van der Waals surface area (Å²) in [6.45, 7) is 3.79. The number of nitrogens with zero attached hydrogens (tertiary/aromatic N) is 2. The van der Waals surface area contributed by atoms with Crippen LogP contribution in [0.3, 0.4) is 0 Å². The average molecular weight is 279 g/mol. The lowest BCUT2D eigenvalue weighted by Gasteiger charge is -2.36. The molecule has 1 fully saturated rings. The molecule has 1 heterocycles. The van der Waals surface area contributed by atoms with Gasteiger partial charge >= 0.3 is 0 Å². The van der Waals surface area contributed by atoms with Crippen LogP contribution in [0.15, 0.2) is 24.3 Å². The summed E-state index contributed by atoms with van der Waals surface area (Å²) in [5, 5.41) is 11.8. The number of likely N-dealkylation sites (N-methyl/N-ethyl adjacent to an activating group) is 1. The third-order valence-corrected chi connectivity index (χ3v) is 5.24. The molecule has 0 radical (unpaired) electrons. The number of nitrogens with one attached hydrogen (secondary N) is 1. The maximum Gasteiger partial charge on any atom is 0.218 e. The highest BCUT2D eigenvalue weighted by Crippen LogP contribution is 2.16. The summed E-state index contributed by atoms with van der Waals surface area (Å²) >= 11 is 0. The monoisotopic (exact) mass is 279 g/mol. The van der Waals surface area contributed by atoms with Gasteiger partial charge < -0.3 is 5.32 Å². The first-order chi connectivity index (χ1) is 9.06. The molecule has 0 unspecified atom stereocenters. The zero-order chi connectivity index (χ0) is 13.9. The van der Waals surface area contributed by atoms with Gasteiger partial charge in [0.2, 0.25) is 10.0 Å². The smallest absolute Gasteiger partial charge is 0.218 e. The van der Waals surface area contributed by atoms with Gasteiger partial charge in [-0.05, 0) is 17.7 Å². The Balaban J connectivity index is 2.12. The molecule has 2 rings (SSSR count). The Morgan fingerprint density at radius 3 is 2.42 bits per heavy atom. The van der Waals surface area contributed by atoms with Crippen LogP contribution in [0.4, 0.5) is 0 Å². The predicted molar refractivity (Wildman–Crippen MR) is 72.8 cm³/mol. The average Bonchev–Trinajstić information content (AvgIpc) is 2.33. The van der Waals surface area contributed by atoms with E-state index in [-0.39, 0.29) is 11.8 Å². The van der Waals surface area contributed by atoms with Crippen LogP contribution in [0.5, 0.6) is 0 Å². The predicted octanol–water partition coefficient (Wildman–Crippen LogP) is 0.682. The first kappa shape index (κ1) is 14.0. The van der Waals surface area contributed by atoms with E-state index in [1.807, 2.05) is 13.0 Å². The van der Waals surface area contributed by atoms with E-state index < -0.39 is 10.0 Å². The van der Waals surface area contributed by atoms with E-state index >= 15 is 0 Å². The molecule has 0 spiro atoms. The Kier molecular flexibility index (Phi) is 4.20. The van der Waals surface area contributed by atoms with Crippen LogP contribution in [0.25, 0.3) is 0 Å². The summed E-state index contributed by atoms with van der Waals surface area (Å²) in [5.41, 5.74) is 1.25. The third kappa shape index (κ3) is 3.13. The molecule has 0 saturated carbocycles. The maximum atomic E-state index is 12.4. The lowest BCUT2D eigenvalue weighted by Crippen LogP contribution is -2.58. The molecule has 5 nitrogen and oxygen atoms in total. The Morgan fingerprint density at radius 2 is 2.00 bits per heavy atom. The molecule has 1 N–H and O–H groups in total. The van der Waals surface area contributed by atoms with Gasteiger partial charge in [-0.25, -0.2) is 8.42 Å². The van der Waals surface area contributed by atoms with Gasteiger partial charge in [-0.15, -0.1) is 0 Å². The van der Waals surface area contributed by atoms with Crippen LogP contribution in [-0.2, 0) is 15.8 Å². The Labute approximate surface area is 113 Å². The molecule has 102 valence electrons. The Hall–Kier alpha value is -1.42. The summed E-state index contributed by atoms with van der Waals surface area (Å²) in [6.07, 6.45) is 0. The standard InChI is InChI=1S/C13H17N3O2S/c1-2-16(13-8-15-9-13)19(17,18)10-12-5-3-11(7-14)4-6-12/h3-6,13,15H,2,8-10H2,1H3. The second-order valence-corrected chi connectivity index (χ2v) is 6.50. The summed E-state index contributed by atoms with van der Waals surface area (Å²) in [5.74, 6) is -0.0109. The quantitative estimate of drug-likeness (QED) is 0.860. The maximum absolute atomic E-state index is 12.4. The van der Waals surface area contributed by atoms with Crippen molar-refractivity contribution in [1.82, 2.24) is 9.62 Å². The summed E-state index contributed by atoms with van der Waals surface area (Å²) in [6, 6.07) is 8.78. The van der Waals surface area contributed by atoms with Crippen LogP contribution in [0.1, 0.15) is 18.1 Å². The van der Waals surface area contributed by atoms with Crippen LogP contribution < -0.4 is 5.32 Å². The molecular weight excluding hydrogens is 262 g/mol. The fourth-order valence-corrected chi connectivity index (χ4v) is 3.90. The van der Waals surface area contributed by atoms with Crippen LogP contribution in [0.2, 0.25) is 0 Å². The molecule has 1 saturated heterocycles. The second-order valence-electron chi connectivity index (χ2n) is 4.58. The van der Waals surface area contributed by atoms with Crippen molar-refractivity contribution in [3.05, 3.63) is 35.4 Å². The molecule has 0 atom stereocenters. The number of nitriles is 1. The first-order valence-electron chi connectivity index (χ1n) is 6.26. The Morgan fingerprint density at radius 1 is 1.37 bits per heavy atom. The number of sulfonamides is 1. The van der Waals surface area contributed by atoms with Gasteiger partial charge in [0.15, 0.2) is 0 Å². The van der Waals surface area contributed by atoms with E-state index in [9.17, 15) is 8.42 Å². The highest BCUT2D eigenvalue weighted by Gasteiger charge is 2.32. The van der Waals surface area contributed by atoms with Gasteiger partial charge in [0, 0.05) is 25.7 Å². The zero-order valence-corrected chi connectivity index (χ0v) is 11.7. The van der Waals surface area contributed by atoms with E-state index in [1.165, 1.54) is 0 Å². The lowest BCUT2D eigenvalue weighted by atomic mass is 10.2. The second kappa shape index (κ2) is 5.70. The van der Waals surface area contributed by atoms with E-state index in [1.54, 1.807) is 28.6 Å². The van der Waals surface area contributed by atoms with Crippen LogP contribution in [0, 0.1) is 11.3 Å². The minimum atomic E-state index is -3.29. The van der Waals surface area contributed by atoms with Gasteiger partial charge in [0.1, 0.15) is 0 Å². The normalized spacial score (nSPS) is 16.1. The van der Waals surface area contributed by atoms with Crippen molar-refractivity contribution in [3.63, 3.8) is 0 Å². The van der Waals surface area contributed by atoms with Crippen molar-refractivity contribution in [2.75, 3.05) is 19.6 Å². The van der Waals surface area contributed by atoms with Crippen molar-refractivity contribution in [2.45, 2.75) is 18.7 Å². The minimum Gasteiger partial charge on any atom is -0.313 e. The van der Waals surface area contributed by atoms with E-state index in [0.717, 1.165) is 13.1 Å². The van der Waals surface area contributed by atoms with Crippen LogP contribution >= 0.6 is 0 Å². The highest BCUT2D eigenvalue weighted by molar-refractivity contribution is 7.88. The molecule has 6 heteroatoms. The van der Waals surface area contributed by atoms with Crippen molar-refractivity contribution in [3.8, 4) is 6.07 Å². The fourth-order valence-electron chi connectivity index (χ4n) is 2.13. The molecular formula is C13H17N3O2S. The highest BCUT2D eigenvalue weighted by atomic mass is 32.2. The fraction of sp³-hybridized carbons (Fsp3) is 0.462. The van der Waals surface area contributed by atoms with Crippen molar-refractivity contribution < 1.29 is 8.42 Å². The van der Waals surface area contributed by atoms with Gasteiger partial charge in [-0.3, -0.25) is 0 Å². The summed E-state index contributed by atoms with van der Waals surface area (Å²) in [4.78, 5) is 0. The SMILES string of the molecule is CCN(C1CNC1)S(=O)(=O)Cc1ccc(C#N)cc1. The molecule has 0 aliphatic carbocycles. The van der Waals surface area contributed by atoms with E-state index in [4.69, 9.17) is 5.26 Å². The minimum absolute atomic E-state index is 0.0109. The van der Waals surface area contributed by atoms with Gasteiger partial charge in [-0.1, -0.05) is 19.1 Å². The number of hydrogen-bond acceptors (Lipinski definition) is 4. The lowest BCUT2D eigenvalue weighted by molar-refractivity contribution is 0.249. The van der Waals surface area contributed by atoms with E-state index in [0.29, 0.717) is 17.7 Å². The third-order valence-electron chi connectivity index (χ3n) is 3.27. The molecule has 1 aliphatic rings. The number of rotatable bonds is 5. The summed E-state index contributed by atoms with van der Waals surface area (Å²) < 4.78 is 26.3. The molecule has 0 aromatic heterocycles. The molecule has 1 aromatic rings. The van der Waals surface area contributed by atoms with Gasteiger partial charge in [-0.2, -0.15) is 9.57 Å². The first-order valence-corrected chi connectivity index (χ1v) is 7.87. The molecule has 1 aliphatic heterocycles. The summed E-state index contributed by atoms with van der Waals surface area (Å²) in [7, 11) is -3.29.